The van der Waals surface area contributed by atoms with E-state index >= 15 is 0 Å². The molecule has 1 saturated heterocycles. The molecule has 3 atom stereocenters. The topological polar surface area (TPSA) is 58.6 Å². The Balaban J connectivity index is 1.50. The highest BCUT2D eigenvalue weighted by Gasteiger charge is 2.39. The predicted octanol–water partition coefficient (Wildman–Crippen LogP) is 5.48. The average molecular weight is 453 g/mol. The number of anilines is 1. The van der Waals surface area contributed by atoms with E-state index in [0.29, 0.717) is 30.5 Å². The maximum absolute atomic E-state index is 13.4. The van der Waals surface area contributed by atoms with Crippen LogP contribution >= 0.6 is 0 Å². The van der Waals surface area contributed by atoms with Crippen LogP contribution in [0.4, 0.5) is 5.69 Å². The van der Waals surface area contributed by atoms with E-state index in [2.05, 4.69) is 29.6 Å². The van der Waals surface area contributed by atoms with Crippen LogP contribution in [0, 0.1) is 5.92 Å². The van der Waals surface area contributed by atoms with Crippen molar-refractivity contribution < 1.29 is 13.2 Å². The Bertz CT molecular complexity index is 1100. The Morgan fingerprint density at radius 3 is 2.59 bits per heavy atom. The molecule has 0 aromatic heterocycles. The third-order valence-corrected chi connectivity index (χ3v) is 8.99. The summed E-state index contributed by atoms with van der Waals surface area (Å²) in [5.74, 6) is 1.45. The highest BCUT2D eigenvalue weighted by molar-refractivity contribution is 7.89. The van der Waals surface area contributed by atoms with Crippen LogP contribution in [-0.4, -0.2) is 32.4 Å². The maximum Gasteiger partial charge on any atom is 0.243 e. The summed E-state index contributed by atoms with van der Waals surface area (Å²) in [5, 5.41) is 3.72. The molecular formula is C26H32N2O3S. The van der Waals surface area contributed by atoms with E-state index < -0.39 is 10.0 Å². The van der Waals surface area contributed by atoms with Crippen molar-refractivity contribution in [1.82, 2.24) is 4.31 Å². The zero-order valence-corrected chi connectivity index (χ0v) is 19.5. The lowest BCUT2D eigenvalue weighted by Gasteiger charge is -2.38. The number of rotatable bonds is 5. The van der Waals surface area contributed by atoms with Crippen LogP contribution in [0.1, 0.15) is 62.1 Å². The number of nitrogens with zero attached hydrogens (tertiary/aromatic N) is 1. The van der Waals surface area contributed by atoms with Crippen molar-refractivity contribution in [3.8, 4) is 5.75 Å². The number of benzene rings is 2. The fraction of sp³-hybridized carbons (Fsp3) is 0.462. The molecule has 2 aromatic rings. The first kappa shape index (κ1) is 21.5. The molecule has 170 valence electrons. The van der Waals surface area contributed by atoms with E-state index in [0.717, 1.165) is 49.1 Å². The zero-order valence-electron chi connectivity index (χ0n) is 18.7. The summed E-state index contributed by atoms with van der Waals surface area (Å²) in [6.45, 7) is 3.89. The summed E-state index contributed by atoms with van der Waals surface area (Å²) >= 11 is 0. The van der Waals surface area contributed by atoms with Gasteiger partial charge in [-0.1, -0.05) is 43.2 Å². The minimum atomic E-state index is -3.47. The van der Waals surface area contributed by atoms with Gasteiger partial charge in [-0.15, -0.1) is 0 Å². The standard InChI is InChI=1S/C26H32N2O3S/c1-2-31-25-13-6-5-10-22(25)26-21-12-9-11-20(21)23-18-19(14-15-24(23)27-26)32(29,30)28-16-7-3-4-8-17-28/h5-6,9-11,13-15,18,20-21,26-27H,2-4,7-8,12,16-17H2,1H3. The normalized spacial score (nSPS) is 25.5. The Labute approximate surface area is 191 Å². The molecule has 6 heteroatoms. The molecule has 2 heterocycles. The van der Waals surface area contributed by atoms with Gasteiger partial charge >= 0.3 is 0 Å². The summed E-state index contributed by atoms with van der Waals surface area (Å²) in [4.78, 5) is 0.423. The summed E-state index contributed by atoms with van der Waals surface area (Å²) in [5.41, 5.74) is 3.27. The van der Waals surface area contributed by atoms with Crippen molar-refractivity contribution in [2.75, 3.05) is 25.0 Å². The Hall–Kier alpha value is -2.31. The van der Waals surface area contributed by atoms with Gasteiger partial charge in [0.2, 0.25) is 10.0 Å². The van der Waals surface area contributed by atoms with E-state index in [9.17, 15) is 8.42 Å². The number of allylic oxidation sites excluding steroid dienone is 2. The van der Waals surface area contributed by atoms with Gasteiger partial charge in [0.25, 0.3) is 0 Å². The minimum absolute atomic E-state index is 0.123. The second kappa shape index (κ2) is 8.91. The van der Waals surface area contributed by atoms with Crippen LogP contribution in [0.5, 0.6) is 5.75 Å². The molecule has 0 radical (unpaired) electrons. The molecule has 0 amide bonds. The summed E-state index contributed by atoms with van der Waals surface area (Å²) in [6.07, 6.45) is 9.56. The van der Waals surface area contributed by atoms with Gasteiger partial charge in [-0.2, -0.15) is 4.31 Å². The van der Waals surface area contributed by atoms with Gasteiger partial charge in [0.1, 0.15) is 5.75 Å². The molecule has 0 spiro atoms. The van der Waals surface area contributed by atoms with Crippen LogP contribution < -0.4 is 10.1 Å². The first-order valence-corrected chi connectivity index (χ1v) is 13.3. The molecule has 32 heavy (non-hydrogen) atoms. The second-order valence-electron chi connectivity index (χ2n) is 9.01. The molecule has 1 fully saturated rings. The van der Waals surface area contributed by atoms with Gasteiger partial charge in [-0.3, -0.25) is 0 Å². The molecule has 1 N–H and O–H groups in total. The quantitative estimate of drug-likeness (QED) is 0.611. The SMILES string of the molecule is CCOc1ccccc1C1Nc2ccc(S(=O)(=O)N3CCCCCC3)cc2C2C=CCC21. The van der Waals surface area contributed by atoms with Gasteiger partial charge in [0.15, 0.2) is 0 Å². The van der Waals surface area contributed by atoms with Crippen LogP contribution in [0.25, 0.3) is 0 Å². The lowest BCUT2D eigenvalue weighted by Crippen LogP contribution is -2.33. The smallest absolute Gasteiger partial charge is 0.243 e. The number of nitrogens with one attached hydrogen (secondary N) is 1. The predicted molar refractivity (Wildman–Crippen MR) is 128 cm³/mol. The fourth-order valence-electron chi connectivity index (χ4n) is 5.50. The van der Waals surface area contributed by atoms with Crippen molar-refractivity contribution in [2.45, 2.75) is 55.9 Å². The van der Waals surface area contributed by atoms with E-state index in [-0.39, 0.29) is 12.0 Å². The number of ether oxygens (including phenoxy) is 1. The molecule has 5 nitrogen and oxygen atoms in total. The van der Waals surface area contributed by atoms with Crippen molar-refractivity contribution in [2.24, 2.45) is 5.92 Å². The van der Waals surface area contributed by atoms with E-state index in [1.54, 1.807) is 10.4 Å². The summed E-state index contributed by atoms with van der Waals surface area (Å²) in [6, 6.07) is 14.0. The monoisotopic (exact) mass is 452 g/mol. The lowest BCUT2D eigenvalue weighted by molar-refractivity contribution is 0.326. The van der Waals surface area contributed by atoms with Crippen LogP contribution in [0.15, 0.2) is 59.5 Å². The highest BCUT2D eigenvalue weighted by atomic mass is 32.2. The van der Waals surface area contributed by atoms with E-state index in [1.807, 2.05) is 31.2 Å². The number of sulfonamides is 1. The molecule has 3 unspecified atom stereocenters. The van der Waals surface area contributed by atoms with Crippen LogP contribution in [-0.2, 0) is 10.0 Å². The molecule has 3 aliphatic rings. The second-order valence-corrected chi connectivity index (χ2v) is 11.0. The highest BCUT2D eigenvalue weighted by Crippen LogP contribution is 2.51. The van der Waals surface area contributed by atoms with Crippen LogP contribution in [0.3, 0.4) is 0 Å². The average Bonchev–Trinajstić information content (AvgIpc) is 3.13. The Kier molecular flexibility index (Phi) is 5.99. The summed E-state index contributed by atoms with van der Waals surface area (Å²) in [7, 11) is -3.47. The third-order valence-electron chi connectivity index (χ3n) is 7.09. The maximum atomic E-state index is 13.4. The lowest BCUT2D eigenvalue weighted by atomic mass is 9.77. The molecule has 0 bridgehead atoms. The van der Waals surface area contributed by atoms with Crippen molar-refractivity contribution >= 4 is 15.7 Å². The minimum Gasteiger partial charge on any atom is -0.494 e. The van der Waals surface area contributed by atoms with Gasteiger partial charge < -0.3 is 10.1 Å². The number of hydrogen-bond acceptors (Lipinski definition) is 4. The molecular weight excluding hydrogens is 420 g/mol. The number of fused-ring (bicyclic) bond motifs is 3. The number of hydrogen-bond donors (Lipinski definition) is 1. The zero-order chi connectivity index (χ0) is 22.1. The molecule has 2 aromatic carbocycles. The van der Waals surface area contributed by atoms with Crippen molar-refractivity contribution in [3.63, 3.8) is 0 Å². The van der Waals surface area contributed by atoms with Crippen molar-refractivity contribution in [3.05, 3.63) is 65.7 Å². The first-order valence-electron chi connectivity index (χ1n) is 11.9. The van der Waals surface area contributed by atoms with E-state index in [4.69, 9.17) is 4.74 Å². The summed E-state index contributed by atoms with van der Waals surface area (Å²) < 4.78 is 34.4. The first-order chi connectivity index (χ1) is 15.6. The van der Waals surface area contributed by atoms with Gasteiger partial charge in [-0.25, -0.2) is 8.42 Å². The van der Waals surface area contributed by atoms with Gasteiger partial charge in [0, 0.05) is 30.3 Å². The van der Waals surface area contributed by atoms with Crippen LogP contribution in [0.2, 0.25) is 0 Å². The molecule has 5 rings (SSSR count). The third kappa shape index (κ3) is 3.84. The Morgan fingerprint density at radius 1 is 1.03 bits per heavy atom. The van der Waals surface area contributed by atoms with Gasteiger partial charge in [-0.05, 0) is 61.9 Å². The fourth-order valence-corrected chi connectivity index (χ4v) is 7.05. The largest absolute Gasteiger partial charge is 0.494 e. The molecule has 2 aliphatic heterocycles. The molecule has 0 saturated carbocycles. The molecule has 1 aliphatic carbocycles. The van der Waals surface area contributed by atoms with Gasteiger partial charge in [0.05, 0.1) is 17.5 Å². The number of para-hydroxylation sites is 1. The van der Waals surface area contributed by atoms with E-state index in [1.165, 1.54) is 5.56 Å². The Morgan fingerprint density at radius 2 is 1.81 bits per heavy atom. The van der Waals surface area contributed by atoms with Crippen molar-refractivity contribution in [1.29, 1.82) is 0 Å².